The van der Waals surface area contributed by atoms with Crippen LogP contribution in [0.1, 0.15) is 30.1 Å². The van der Waals surface area contributed by atoms with Gasteiger partial charge in [0.05, 0.1) is 23.3 Å². The van der Waals surface area contributed by atoms with Crippen molar-refractivity contribution in [3.8, 4) is 0 Å². The van der Waals surface area contributed by atoms with E-state index in [1.165, 1.54) is 5.56 Å². The summed E-state index contributed by atoms with van der Waals surface area (Å²) in [6.45, 7) is 5.10. The highest BCUT2D eigenvalue weighted by Crippen LogP contribution is 2.27. The molecule has 124 valence electrons. The van der Waals surface area contributed by atoms with Gasteiger partial charge in [-0.3, -0.25) is 4.90 Å². The Morgan fingerprint density at radius 2 is 1.88 bits per heavy atom. The number of likely N-dealkylation sites (tertiary alicyclic amines) is 1. The summed E-state index contributed by atoms with van der Waals surface area (Å²) in [7, 11) is 0. The molecule has 0 aliphatic carbocycles. The average molecular weight is 342 g/mol. The van der Waals surface area contributed by atoms with Crippen molar-refractivity contribution in [2.75, 3.05) is 13.1 Å². The predicted octanol–water partition coefficient (Wildman–Crippen LogP) is 3.63. The summed E-state index contributed by atoms with van der Waals surface area (Å²) in [5.41, 5.74) is 3.11. The Morgan fingerprint density at radius 3 is 2.62 bits per heavy atom. The molecule has 1 aliphatic rings. The van der Waals surface area contributed by atoms with Crippen LogP contribution in [0.25, 0.3) is 11.0 Å². The minimum absolute atomic E-state index is 0.295. The molecule has 0 amide bonds. The number of rotatable bonds is 3. The van der Waals surface area contributed by atoms with Gasteiger partial charge >= 0.3 is 0 Å². The van der Waals surface area contributed by atoms with E-state index in [2.05, 4.69) is 50.3 Å². The van der Waals surface area contributed by atoms with Crippen LogP contribution in [0.5, 0.6) is 0 Å². The smallest absolute Gasteiger partial charge is 0.224 e. The van der Waals surface area contributed by atoms with Crippen LogP contribution in [-0.4, -0.2) is 37.7 Å². The van der Waals surface area contributed by atoms with Crippen LogP contribution in [-0.2, 0) is 6.54 Å². The number of hydrogen-bond donors (Lipinski definition) is 0. The topological polar surface area (TPSA) is 46.8 Å². The molecule has 0 saturated carbocycles. The molecule has 0 bridgehead atoms. The van der Waals surface area contributed by atoms with Crippen molar-refractivity contribution < 1.29 is 0 Å². The molecule has 0 radical (unpaired) electrons. The molecule has 4 rings (SSSR count). The molecular weight excluding hydrogens is 322 g/mol. The Bertz CT molecular complexity index is 837. The number of nitrogens with zero attached hydrogens (tertiary/aromatic N) is 5. The van der Waals surface area contributed by atoms with Crippen LogP contribution in [0.3, 0.4) is 0 Å². The van der Waals surface area contributed by atoms with Crippen LogP contribution >= 0.6 is 11.6 Å². The van der Waals surface area contributed by atoms with E-state index in [4.69, 9.17) is 11.6 Å². The number of fused-ring (bicyclic) bond motifs is 1. The molecule has 0 unspecified atom stereocenters. The molecule has 0 spiro atoms. The average Bonchev–Trinajstić information content (AvgIpc) is 3.01. The molecule has 1 fully saturated rings. The van der Waals surface area contributed by atoms with Crippen molar-refractivity contribution >= 4 is 22.6 Å². The Kier molecular flexibility index (Phi) is 4.21. The molecule has 1 saturated heterocycles. The van der Waals surface area contributed by atoms with Gasteiger partial charge in [-0.2, -0.15) is 10.1 Å². The zero-order valence-corrected chi connectivity index (χ0v) is 14.4. The van der Waals surface area contributed by atoms with Crippen molar-refractivity contribution in [3.63, 3.8) is 0 Å². The van der Waals surface area contributed by atoms with E-state index in [9.17, 15) is 0 Å². The lowest BCUT2D eigenvalue weighted by Crippen LogP contribution is -2.34. The van der Waals surface area contributed by atoms with E-state index in [1.807, 2.05) is 17.8 Å². The molecule has 1 aromatic carbocycles. The van der Waals surface area contributed by atoms with E-state index in [1.54, 1.807) is 0 Å². The van der Waals surface area contributed by atoms with Gasteiger partial charge < -0.3 is 0 Å². The fourth-order valence-corrected chi connectivity index (χ4v) is 3.67. The quantitative estimate of drug-likeness (QED) is 0.682. The van der Waals surface area contributed by atoms with Gasteiger partial charge in [-0.15, -0.1) is 0 Å². The molecule has 3 heterocycles. The Labute approximate surface area is 146 Å². The summed E-state index contributed by atoms with van der Waals surface area (Å²) in [6.07, 6.45) is 4.01. The molecule has 2 aromatic heterocycles. The SMILES string of the molecule is Cc1nc(Cl)nc2c1cnn2C1CCN(Cc2ccccc2)CC1. The standard InChI is InChI=1S/C18H20ClN5/c1-13-16-11-20-24(17(16)22-18(19)21-13)15-7-9-23(10-8-15)12-14-5-3-2-4-6-14/h2-6,11,15H,7-10,12H2,1H3. The second-order valence-electron chi connectivity index (χ2n) is 6.40. The number of benzene rings is 1. The number of halogens is 1. The van der Waals surface area contributed by atoms with Gasteiger partial charge in [-0.05, 0) is 36.9 Å². The van der Waals surface area contributed by atoms with Gasteiger partial charge in [0.1, 0.15) is 0 Å². The van der Waals surface area contributed by atoms with E-state index in [0.717, 1.165) is 49.2 Å². The first-order chi connectivity index (χ1) is 11.7. The Morgan fingerprint density at radius 1 is 1.12 bits per heavy atom. The Hall–Kier alpha value is -1.98. The fraction of sp³-hybridized carbons (Fsp3) is 0.389. The van der Waals surface area contributed by atoms with Gasteiger partial charge in [0, 0.05) is 19.6 Å². The van der Waals surface area contributed by atoms with Gasteiger partial charge in [0.25, 0.3) is 0 Å². The van der Waals surface area contributed by atoms with Gasteiger partial charge in [-0.25, -0.2) is 9.67 Å². The molecular formula is C18H20ClN5. The molecule has 0 N–H and O–H groups in total. The minimum Gasteiger partial charge on any atom is -0.299 e. The molecule has 5 nitrogen and oxygen atoms in total. The minimum atomic E-state index is 0.295. The second kappa shape index (κ2) is 6.49. The normalized spacial score (nSPS) is 16.8. The fourth-order valence-electron chi connectivity index (χ4n) is 3.46. The van der Waals surface area contributed by atoms with E-state index < -0.39 is 0 Å². The van der Waals surface area contributed by atoms with Crippen molar-refractivity contribution in [3.05, 3.63) is 53.1 Å². The number of aryl methyl sites for hydroxylation is 1. The number of hydrogen-bond acceptors (Lipinski definition) is 4. The molecule has 6 heteroatoms. The van der Waals surface area contributed by atoms with E-state index >= 15 is 0 Å². The van der Waals surface area contributed by atoms with Gasteiger partial charge in [0.2, 0.25) is 5.28 Å². The van der Waals surface area contributed by atoms with Crippen molar-refractivity contribution in [2.45, 2.75) is 32.4 Å². The third-order valence-electron chi connectivity index (χ3n) is 4.77. The first-order valence-corrected chi connectivity index (χ1v) is 8.72. The maximum atomic E-state index is 6.03. The lowest BCUT2D eigenvalue weighted by atomic mass is 10.0. The van der Waals surface area contributed by atoms with Gasteiger partial charge in [-0.1, -0.05) is 30.3 Å². The van der Waals surface area contributed by atoms with Crippen molar-refractivity contribution in [1.82, 2.24) is 24.6 Å². The first kappa shape index (κ1) is 15.5. The molecule has 0 atom stereocenters. The third-order valence-corrected chi connectivity index (χ3v) is 4.94. The summed E-state index contributed by atoms with van der Waals surface area (Å²) in [5, 5.41) is 5.85. The monoisotopic (exact) mass is 341 g/mol. The van der Waals surface area contributed by atoms with Crippen LogP contribution in [0, 0.1) is 6.92 Å². The maximum absolute atomic E-state index is 6.03. The lowest BCUT2D eigenvalue weighted by molar-refractivity contribution is 0.175. The zero-order valence-electron chi connectivity index (χ0n) is 13.7. The maximum Gasteiger partial charge on any atom is 0.224 e. The highest BCUT2D eigenvalue weighted by molar-refractivity contribution is 6.28. The predicted molar refractivity (Wildman–Crippen MR) is 95.1 cm³/mol. The van der Waals surface area contributed by atoms with Crippen molar-refractivity contribution in [1.29, 1.82) is 0 Å². The molecule has 24 heavy (non-hydrogen) atoms. The largest absolute Gasteiger partial charge is 0.299 e. The van der Waals surface area contributed by atoms with Crippen LogP contribution in [0.4, 0.5) is 0 Å². The summed E-state index contributed by atoms with van der Waals surface area (Å²) >= 11 is 6.03. The lowest BCUT2D eigenvalue weighted by Gasteiger charge is -2.32. The second-order valence-corrected chi connectivity index (χ2v) is 6.74. The van der Waals surface area contributed by atoms with E-state index in [-0.39, 0.29) is 0 Å². The van der Waals surface area contributed by atoms with Gasteiger partial charge in [0.15, 0.2) is 5.65 Å². The highest BCUT2D eigenvalue weighted by Gasteiger charge is 2.23. The van der Waals surface area contributed by atoms with E-state index in [0.29, 0.717) is 11.3 Å². The zero-order chi connectivity index (χ0) is 16.5. The van der Waals surface area contributed by atoms with Crippen molar-refractivity contribution in [2.24, 2.45) is 0 Å². The van der Waals surface area contributed by atoms with Crippen LogP contribution in [0.2, 0.25) is 5.28 Å². The summed E-state index contributed by atoms with van der Waals surface area (Å²) < 4.78 is 2.04. The third kappa shape index (κ3) is 3.01. The first-order valence-electron chi connectivity index (χ1n) is 8.34. The van der Waals surface area contributed by atoms with Crippen LogP contribution in [0.15, 0.2) is 36.5 Å². The Balaban J connectivity index is 1.48. The number of piperidine rings is 1. The highest BCUT2D eigenvalue weighted by atomic mass is 35.5. The summed E-state index contributed by atoms with van der Waals surface area (Å²) in [6, 6.07) is 11.0. The summed E-state index contributed by atoms with van der Waals surface area (Å²) in [5.74, 6) is 0. The number of aromatic nitrogens is 4. The van der Waals surface area contributed by atoms with Crippen LogP contribution < -0.4 is 0 Å². The molecule has 1 aliphatic heterocycles. The molecule has 3 aromatic rings. The summed E-state index contributed by atoms with van der Waals surface area (Å²) in [4.78, 5) is 11.1.